The van der Waals surface area contributed by atoms with Crippen LogP contribution in [0.15, 0.2) is 59.6 Å². The summed E-state index contributed by atoms with van der Waals surface area (Å²) in [4.78, 5) is 23.6. The van der Waals surface area contributed by atoms with Crippen molar-refractivity contribution in [2.75, 3.05) is 32.4 Å². The van der Waals surface area contributed by atoms with Gasteiger partial charge in [-0.15, -0.1) is 10.2 Å². The van der Waals surface area contributed by atoms with E-state index in [0.29, 0.717) is 33.5 Å². The fraction of sp³-hybridized carbons (Fsp3) is 0.182. The summed E-state index contributed by atoms with van der Waals surface area (Å²) in [5.41, 5.74) is 2.53. The lowest BCUT2D eigenvalue weighted by Gasteiger charge is -2.09. The highest BCUT2D eigenvalue weighted by Gasteiger charge is 2.10. The Hall–Kier alpha value is -3.59. The van der Waals surface area contributed by atoms with Crippen LogP contribution in [-0.4, -0.2) is 49.2 Å². The lowest BCUT2D eigenvalue weighted by molar-refractivity contribution is -0.113. The van der Waals surface area contributed by atoms with Crippen molar-refractivity contribution in [2.24, 2.45) is 0 Å². The molecular weight excluding hydrogens is 418 g/mol. The monoisotopic (exact) mass is 439 g/mol. The molecule has 2 aromatic carbocycles. The van der Waals surface area contributed by atoms with E-state index in [1.54, 1.807) is 44.6 Å². The van der Waals surface area contributed by atoms with E-state index >= 15 is 0 Å². The van der Waals surface area contributed by atoms with E-state index in [9.17, 15) is 9.59 Å². The van der Waals surface area contributed by atoms with E-state index < -0.39 is 5.97 Å². The molecule has 3 rings (SSSR count). The van der Waals surface area contributed by atoms with Gasteiger partial charge < -0.3 is 19.5 Å². The summed E-state index contributed by atoms with van der Waals surface area (Å²) in [6, 6.07) is 15.6. The maximum absolute atomic E-state index is 12.2. The van der Waals surface area contributed by atoms with Gasteiger partial charge in [0, 0.05) is 11.3 Å². The summed E-state index contributed by atoms with van der Waals surface area (Å²) in [7, 11) is 4.47. The van der Waals surface area contributed by atoms with Crippen molar-refractivity contribution >= 4 is 29.3 Å². The average molecular weight is 439 g/mol. The van der Waals surface area contributed by atoms with Gasteiger partial charge in [0.05, 0.1) is 38.3 Å². The van der Waals surface area contributed by atoms with Crippen molar-refractivity contribution in [1.82, 2.24) is 10.2 Å². The fourth-order valence-electron chi connectivity index (χ4n) is 2.69. The number of hydrogen-bond donors (Lipinski definition) is 1. The molecule has 9 heteroatoms. The molecule has 0 unspecified atom stereocenters. The molecule has 0 aliphatic carbocycles. The number of carbonyl (C=O) groups excluding carboxylic acids is 2. The lowest BCUT2D eigenvalue weighted by atomic mass is 10.1. The predicted molar refractivity (Wildman–Crippen MR) is 118 cm³/mol. The number of amides is 1. The quantitative estimate of drug-likeness (QED) is 0.419. The first-order valence-electron chi connectivity index (χ1n) is 9.21. The molecule has 3 aromatic rings. The van der Waals surface area contributed by atoms with Crippen LogP contribution in [0.25, 0.3) is 11.3 Å². The molecule has 31 heavy (non-hydrogen) atoms. The van der Waals surface area contributed by atoms with Gasteiger partial charge in [0.2, 0.25) is 5.91 Å². The second-order valence-electron chi connectivity index (χ2n) is 6.23. The number of rotatable bonds is 8. The van der Waals surface area contributed by atoms with Crippen molar-refractivity contribution in [3.63, 3.8) is 0 Å². The zero-order valence-corrected chi connectivity index (χ0v) is 18.1. The van der Waals surface area contributed by atoms with E-state index in [1.165, 1.54) is 18.9 Å². The van der Waals surface area contributed by atoms with Crippen LogP contribution in [0.2, 0.25) is 0 Å². The van der Waals surface area contributed by atoms with Crippen LogP contribution >= 0.6 is 11.8 Å². The van der Waals surface area contributed by atoms with Gasteiger partial charge in [-0.05, 0) is 54.6 Å². The molecule has 0 bridgehead atoms. The maximum Gasteiger partial charge on any atom is 0.337 e. The van der Waals surface area contributed by atoms with Gasteiger partial charge in [-0.25, -0.2) is 4.79 Å². The molecule has 1 heterocycles. The van der Waals surface area contributed by atoms with Crippen molar-refractivity contribution in [3.05, 3.63) is 60.2 Å². The number of carbonyl (C=O) groups is 2. The Kier molecular flexibility index (Phi) is 7.45. The first kappa shape index (κ1) is 22.1. The lowest BCUT2D eigenvalue weighted by Crippen LogP contribution is -2.14. The third-order valence-corrected chi connectivity index (χ3v) is 5.18. The van der Waals surface area contributed by atoms with Gasteiger partial charge in [0.25, 0.3) is 0 Å². The van der Waals surface area contributed by atoms with Gasteiger partial charge in [0.15, 0.2) is 11.5 Å². The van der Waals surface area contributed by atoms with Gasteiger partial charge in [-0.3, -0.25) is 4.79 Å². The molecule has 1 amide bonds. The van der Waals surface area contributed by atoms with Crippen LogP contribution in [0.1, 0.15) is 10.4 Å². The molecule has 8 nitrogen and oxygen atoms in total. The molecule has 0 aliphatic rings. The van der Waals surface area contributed by atoms with Crippen LogP contribution < -0.4 is 14.8 Å². The molecule has 0 atom stereocenters. The third kappa shape index (κ3) is 5.73. The number of ether oxygens (including phenoxy) is 3. The Bertz CT molecular complexity index is 1060. The summed E-state index contributed by atoms with van der Waals surface area (Å²) < 4.78 is 15.2. The number of nitrogens with one attached hydrogen (secondary N) is 1. The van der Waals surface area contributed by atoms with Crippen molar-refractivity contribution in [1.29, 1.82) is 0 Å². The van der Waals surface area contributed by atoms with E-state index in [-0.39, 0.29) is 11.7 Å². The molecule has 0 radical (unpaired) electrons. The van der Waals surface area contributed by atoms with Crippen LogP contribution in [0.5, 0.6) is 11.5 Å². The van der Waals surface area contributed by atoms with Crippen molar-refractivity contribution < 1.29 is 23.8 Å². The zero-order chi connectivity index (χ0) is 22.2. The van der Waals surface area contributed by atoms with Crippen molar-refractivity contribution in [2.45, 2.75) is 5.03 Å². The Morgan fingerprint density at radius 2 is 1.65 bits per heavy atom. The minimum atomic E-state index is -0.427. The molecule has 0 spiro atoms. The molecule has 0 saturated heterocycles. The van der Waals surface area contributed by atoms with Gasteiger partial charge in [0.1, 0.15) is 5.03 Å². The number of aromatic nitrogens is 2. The zero-order valence-electron chi connectivity index (χ0n) is 17.2. The standard InChI is InChI=1S/C22H21N3O5S/c1-28-18-10-6-15(12-19(18)29-2)17-9-11-21(25-24-17)31-13-20(26)23-16-7-4-14(5-8-16)22(27)30-3/h4-12H,13H2,1-3H3,(H,23,26). The molecule has 160 valence electrons. The summed E-state index contributed by atoms with van der Waals surface area (Å²) in [6.07, 6.45) is 0. The number of benzene rings is 2. The highest BCUT2D eigenvalue weighted by Crippen LogP contribution is 2.31. The smallest absolute Gasteiger partial charge is 0.337 e. The van der Waals surface area contributed by atoms with Gasteiger partial charge in [-0.2, -0.15) is 0 Å². The Morgan fingerprint density at radius 3 is 2.26 bits per heavy atom. The fourth-order valence-corrected chi connectivity index (χ4v) is 3.30. The Labute approximate surface area is 183 Å². The second-order valence-corrected chi connectivity index (χ2v) is 7.23. The van der Waals surface area contributed by atoms with Crippen LogP contribution in [-0.2, 0) is 9.53 Å². The normalized spacial score (nSPS) is 10.3. The van der Waals surface area contributed by atoms with E-state index in [4.69, 9.17) is 9.47 Å². The molecule has 1 aromatic heterocycles. The summed E-state index contributed by atoms with van der Waals surface area (Å²) in [5, 5.41) is 11.8. The predicted octanol–water partition coefficient (Wildman–Crippen LogP) is 3.68. The molecule has 0 aliphatic heterocycles. The first-order valence-corrected chi connectivity index (χ1v) is 10.2. The summed E-state index contributed by atoms with van der Waals surface area (Å²) >= 11 is 1.27. The van der Waals surface area contributed by atoms with Crippen LogP contribution in [0.3, 0.4) is 0 Å². The maximum atomic E-state index is 12.2. The van der Waals surface area contributed by atoms with Crippen molar-refractivity contribution in [3.8, 4) is 22.8 Å². The topological polar surface area (TPSA) is 99.6 Å². The van der Waals surface area contributed by atoms with E-state index in [1.807, 2.05) is 24.3 Å². The number of anilines is 1. The number of esters is 1. The number of hydrogen-bond acceptors (Lipinski definition) is 8. The highest BCUT2D eigenvalue weighted by atomic mass is 32.2. The number of methoxy groups -OCH3 is 3. The minimum Gasteiger partial charge on any atom is -0.493 e. The average Bonchev–Trinajstić information content (AvgIpc) is 2.82. The van der Waals surface area contributed by atoms with E-state index in [0.717, 1.165) is 5.56 Å². The summed E-state index contributed by atoms with van der Waals surface area (Å²) in [6.45, 7) is 0. The minimum absolute atomic E-state index is 0.170. The first-order chi connectivity index (χ1) is 15.0. The van der Waals surface area contributed by atoms with E-state index in [2.05, 4.69) is 20.3 Å². The molecule has 1 N–H and O–H groups in total. The number of thioether (sulfide) groups is 1. The summed E-state index contributed by atoms with van der Waals surface area (Å²) in [5.74, 6) is 0.794. The molecule has 0 saturated carbocycles. The molecule has 0 fully saturated rings. The Morgan fingerprint density at radius 1 is 0.903 bits per heavy atom. The van der Waals surface area contributed by atoms with Gasteiger partial charge in [-0.1, -0.05) is 11.8 Å². The van der Waals surface area contributed by atoms with Crippen LogP contribution in [0.4, 0.5) is 5.69 Å². The van der Waals surface area contributed by atoms with Crippen LogP contribution in [0, 0.1) is 0 Å². The SMILES string of the molecule is COC(=O)c1ccc(NC(=O)CSc2ccc(-c3ccc(OC)c(OC)c3)nn2)cc1. The second kappa shape index (κ2) is 10.4. The Balaban J connectivity index is 1.56. The highest BCUT2D eigenvalue weighted by molar-refractivity contribution is 7.99. The van der Waals surface area contributed by atoms with Gasteiger partial charge >= 0.3 is 5.97 Å². The third-order valence-electron chi connectivity index (χ3n) is 4.26. The molecular formula is C22H21N3O5S. The number of nitrogens with zero attached hydrogens (tertiary/aromatic N) is 2. The largest absolute Gasteiger partial charge is 0.493 e.